The van der Waals surface area contributed by atoms with Crippen LogP contribution in [0.25, 0.3) is 5.69 Å². The number of carbonyl (C=O) groups is 1. The van der Waals surface area contributed by atoms with Crippen molar-refractivity contribution in [2.24, 2.45) is 0 Å². The summed E-state index contributed by atoms with van der Waals surface area (Å²) in [5, 5.41) is 21.4. The van der Waals surface area contributed by atoms with Crippen molar-refractivity contribution in [1.29, 1.82) is 5.26 Å². The van der Waals surface area contributed by atoms with Crippen LogP contribution in [0, 0.1) is 24.1 Å². The van der Waals surface area contributed by atoms with E-state index >= 15 is 0 Å². The molecular weight excluding hydrogens is 239 g/mol. The summed E-state index contributed by atoms with van der Waals surface area (Å²) in [5.74, 6) is -2.12. The highest BCUT2D eigenvalue weighted by molar-refractivity contribution is 5.83. The SMILES string of the molecule is Cc1nc(C(=O)O)nn1-c1cccc(F)c1C#N. The zero-order valence-corrected chi connectivity index (χ0v) is 9.25. The Morgan fingerprint density at radius 2 is 2.28 bits per heavy atom. The van der Waals surface area contributed by atoms with Gasteiger partial charge in [-0.15, -0.1) is 5.10 Å². The highest BCUT2D eigenvalue weighted by Crippen LogP contribution is 2.17. The molecule has 0 unspecified atom stereocenters. The van der Waals surface area contributed by atoms with Crippen LogP contribution >= 0.6 is 0 Å². The molecule has 0 fully saturated rings. The molecule has 0 atom stereocenters. The van der Waals surface area contributed by atoms with E-state index in [-0.39, 0.29) is 17.1 Å². The van der Waals surface area contributed by atoms with Crippen LogP contribution in [0.4, 0.5) is 4.39 Å². The highest BCUT2D eigenvalue weighted by Gasteiger charge is 2.17. The van der Waals surface area contributed by atoms with Crippen molar-refractivity contribution in [2.75, 3.05) is 0 Å². The highest BCUT2D eigenvalue weighted by atomic mass is 19.1. The number of aryl methyl sites for hydroxylation is 1. The van der Waals surface area contributed by atoms with Crippen molar-refractivity contribution in [3.63, 3.8) is 0 Å². The van der Waals surface area contributed by atoms with E-state index in [1.54, 1.807) is 6.07 Å². The number of halogens is 1. The molecule has 0 bridgehead atoms. The summed E-state index contributed by atoms with van der Waals surface area (Å²) in [7, 11) is 0. The Bertz CT molecular complexity index is 672. The summed E-state index contributed by atoms with van der Waals surface area (Å²) < 4.78 is 14.6. The van der Waals surface area contributed by atoms with Gasteiger partial charge >= 0.3 is 5.97 Å². The molecule has 0 aliphatic rings. The first-order valence-electron chi connectivity index (χ1n) is 4.90. The Balaban J connectivity index is 2.67. The van der Waals surface area contributed by atoms with E-state index in [9.17, 15) is 9.18 Å². The predicted octanol–water partition coefficient (Wildman–Crippen LogP) is 1.28. The van der Waals surface area contributed by atoms with Crippen LogP contribution in [-0.4, -0.2) is 25.8 Å². The second-order valence-electron chi connectivity index (χ2n) is 3.45. The van der Waals surface area contributed by atoms with Crippen molar-refractivity contribution >= 4 is 5.97 Å². The quantitative estimate of drug-likeness (QED) is 0.861. The molecule has 0 amide bonds. The first-order valence-corrected chi connectivity index (χ1v) is 4.90. The van der Waals surface area contributed by atoms with Crippen molar-refractivity contribution in [1.82, 2.24) is 14.8 Å². The van der Waals surface area contributed by atoms with E-state index in [1.807, 2.05) is 0 Å². The number of aromatic carboxylic acids is 1. The molecule has 18 heavy (non-hydrogen) atoms. The first kappa shape index (κ1) is 11.7. The molecule has 1 N–H and O–H groups in total. The average Bonchev–Trinajstić information content (AvgIpc) is 2.71. The largest absolute Gasteiger partial charge is 0.475 e. The molecule has 2 rings (SSSR count). The number of benzene rings is 1. The zero-order chi connectivity index (χ0) is 13.3. The molecule has 2 aromatic rings. The Labute approximate surface area is 101 Å². The minimum atomic E-state index is -1.29. The van der Waals surface area contributed by atoms with Gasteiger partial charge in [0.05, 0.1) is 5.69 Å². The van der Waals surface area contributed by atoms with Crippen LogP contribution in [0.3, 0.4) is 0 Å². The maximum atomic E-state index is 13.4. The Morgan fingerprint density at radius 3 is 2.83 bits per heavy atom. The minimum absolute atomic E-state index is 0.162. The number of rotatable bonds is 2. The van der Waals surface area contributed by atoms with Gasteiger partial charge in [-0.05, 0) is 19.1 Å². The smallest absolute Gasteiger partial charge is 0.375 e. The van der Waals surface area contributed by atoms with Crippen molar-refractivity contribution in [2.45, 2.75) is 6.92 Å². The summed E-state index contributed by atoms with van der Waals surface area (Å²) in [6.07, 6.45) is 0. The van der Waals surface area contributed by atoms with Crippen molar-refractivity contribution in [3.8, 4) is 11.8 Å². The third-order valence-corrected chi connectivity index (χ3v) is 2.29. The van der Waals surface area contributed by atoms with Crippen LogP contribution in [0.2, 0.25) is 0 Å². The molecule has 0 spiro atoms. The summed E-state index contributed by atoms with van der Waals surface area (Å²) in [4.78, 5) is 14.5. The number of carboxylic acids is 1. The normalized spacial score (nSPS) is 10.1. The molecule has 0 saturated carbocycles. The fourth-order valence-corrected chi connectivity index (χ4v) is 1.51. The standard InChI is InChI=1S/C11H7FN4O2/c1-6-14-10(11(17)18)15-16(6)9-4-2-3-8(12)7(9)5-13/h2-4H,1H3,(H,17,18). The molecule has 0 radical (unpaired) electrons. The summed E-state index contributed by atoms with van der Waals surface area (Å²) >= 11 is 0. The van der Waals surface area contributed by atoms with Crippen LogP contribution < -0.4 is 0 Å². The first-order chi connectivity index (χ1) is 8.54. The number of nitrogens with zero attached hydrogens (tertiary/aromatic N) is 4. The van der Waals surface area contributed by atoms with Crippen molar-refractivity contribution in [3.05, 3.63) is 41.2 Å². The van der Waals surface area contributed by atoms with Gasteiger partial charge < -0.3 is 5.11 Å². The molecular formula is C11H7FN4O2. The van der Waals surface area contributed by atoms with Crippen LogP contribution in [0.1, 0.15) is 22.0 Å². The van der Waals surface area contributed by atoms with E-state index in [0.717, 1.165) is 10.7 Å². The Hall–Kier alpha value is -2.75. The number of hydrogen-bond acceptors (Lipinski definition) is 4. The molecule has 7 heteroatoms. The third-order valence-electron chi connectivity index (χ3n) is 2.29. The maximum Gasteiger partial charge on any atom is 0.375 e. The van der Waals surface area contributed by atoms with Crippen molar-refractivity contribution < 1.29 is 14.3 Å². The van der Waals surface area contributed by atoms with Crippen LogP contribution in [-0.2, 0) is 0 Å². The number of aromatic nitrogens is 3. The molecule has 0 aliphatic heterocycles. The van der Waals surface area contributed by atoms with E-state index in [4.69, 9.17) is 10.4 Å². The third kappa shape index (κ3) is 1.80. The van der Waals surface area contributed by atoms with Gasteiger partial charge in [0.1, 0.15) is 23.3 Å². The van der Waals surface area contributed by atoms with Gasteiger partial charge in [0.25, 0.3) is 5.82 Å². The lowest BCUT2D eigenvalue weighted by atomic mass is 10.2. The van der Waals surface area contributed by atoms with Gasteiger partial charge in [0.2, 0.25) is 0 Å². The molecule has 1 aromatic carbocycles. The molecule has 0 aliphatic carbocycles. The lowest BCUT2D eigenvalue weighted by molar-refractivity contribution is 0.0683. The van der Waals surface area contributed by atoms with Gasteiger partial charge in [0, 0.05) is 0 Å². The summed E-state index contributed by atoms with van der Waals surface area (Å²) in [6, 6.07) is 5.74. The van der Waals surface area contributed by atoms with Gasteiger partial charge in [-0.2, -0.15) is 5.26 Å². The number of carboxylic acid groups (broad SMARTS) is 1. The molecule has 90 valence electrons. The van der Waals surface area contributed by atoms with Crippen LogP contribution in [0.15, 0.2) is 18.2 Å². The van der Waals surface area contributed by atoms with E-state index in [1.165, 1.54) is 19.1 Å². The number of nitriles is 1. The number of hydrogen-bond donors (Lipinski definition) is 1. The van der Waals surface area contributed by atoms with Gasteiger partial charge in [-0.25, -0.2) is 18.9 Å². The average molecular weight is 246 g/mol. The molecule has 1 aromatic heterocycles. The Kier molecular flexibility index (Phi) is 2.77. The monoisotopic (exact) mass is 246 g/mol. The second kappa shape index (κ2) is 4.25. The van der Waals surface area contributed by atoms with Gasteiger partial charge in [-0.1, -0.05) is 6.07 Å². The summed E-state index contributed by atoms with van der Waals surface area (Å²) in [5.41, 5.74) is -0.0440. The summed E-state index contributed by atoms with van der Waals surface area (Å²) in [6.45, 7) is 1.52. The van der Waals surface area contributed by atoms with E-state index in [0.29, 0.717) is 0 Å². The van der Waals surface area contributed by atoms with Gasteiger partial charge in [-0.3, -0.25) is 0 Å². The molecule has 0 saturated heterocycles. The van der Waals surface area contributed by atoms with E-state index in [2.05, 4.69) is 10.1 Å². The minimum Gasteiger partial charge on any atom is -0.475 e. The Morgan fingerprint density at radius 1 is 1.56 bits per heavy atom. The zero-order valence-electron chi connectivity index (χ0n) is 9.25. The van der Waals surface area contributed by atoms with Gasteiger partial charge in [0.15, 0.2) is 0 Å². The maximum absolute atomic E-state index is 13.4. The molecule has 1 heterocycles. The fourth-order valence-electron chi connectivity index (χ4n) is 1.51. The topological polar surface area (TPSA) is 91.8 Å². The van der Waals surface area contributed by atoms with E-state index < -0.39 is 17.6 Å². The van der Waals surface area contributed by atoms with Crippen LogP contribution in [0.5, 0.6) is 0 Å². The molecule has 6 nitrogen and oxygen atoms in total. The predicted molar refractivity (Wildman–Crippen MR) is 57.7 cm³/mol. The lowest BCUT2D eigenvalue weighted by Crippen LogP contribution is -2.05. The second-order valence-corrected chi connectivity index (χ2v) is 3.45. The lowest BCUT2D eigenvalue weighted by Gasteiger charge is -2.05. The fraction of sp³-hybridized carbons (Fsp3) is 0.0909.